The Hall–Kier alpha value is -1.22. The third-order valence-electron chi connectivity index (χ3n) is 2.49. The molecule has 0 N–H and O–H groups in total. The molecule has 0 heterocycles. The van der Waals surface area contributed by atoms with E-state index in [2.05, 4.69) is 0 Å². The van der Waals surface area contributed by atoms with Gasteiger partial charge in [-0.15, -0.1) is 0 Å². The molecule has 0 radical (unpaired) electrons. The molecular weight excluding hydrogens is 307 g/mol. The number of esters is 1. The average Bonchev–Trinajstić information content (AvgIpc) is 2.32. The first-order valence-corrected chi connectivity index (χ1v) is 6.54. The molecule has 2 aromatic carbocycles. The van der Waals surface area contributed by atoms with Gasteiger partial charge in [-0.2, -0.15) is 0 Å². The lowest BCUT2D eigenvalue weighted by molar-refractivity contribution is 0.0734. The summed E-state index contributed by atoms with van der Waals surface area (Å²) in [5.74, 6) is -0.0903. The van der Waals surface area contributed by atoms with E-state index in [1.807, 2.05) is 0 Å². The summed E-state index contributed by atoms with van der Waals surface area (Å²) in [6, 6.07) is 9.61. The average molecular weight is 316 g/mol. The lowest BCUT2D eigenvalue weighted by atomic mass is 10.2. The van der Waals surface area contributed by atoms with Crippen molar-refractivity contribution in [3.05, 3.63) is 62.6 Å². The van der Waals surface area contributed by atoms with Gasteiger partial charge < -0.3 is 4.74 Å². The van der Waals surface area contributed by atoms with Crippen molar-refractivity contribution in [3.63, 3.8) is 0 Å². The number of ether oxygens (including phenoxy) is 1. The molecule has 2 rings (SSSR count). The third kappa shape index (κ3) is 3.41. The highest BCUT2D eigenvalue weighted by molar-refractivity contribution is 6.36. The minimum atomic E-state index is -0.535. The van der Waals surface area contributed by atoms with Crippen LogP contribution in [0.1, 0.15) is 15.9 Å². The standard InChI is InChI=1S/C14H9Cl3O2/c1-8-6-9(15)3-5-13(8)19-14(18)11-4-2-10(16)7-12(11)17/h2-7H,1H3. The molecule has 0 atom stereocenters. The number of halogens is 3. The molecule has 0 spiro atoms. The number of rotatable bonds is 2. The molecule has 5 heteroatoms. The van der Waals surface area contributed by atoms with E-state index in [9.17, 15) is 4.79 Å². The summed E-state index contributed by atoms with van der Waals surface area (Å²) in [6.45, 7) is 1.80. The van der Waals surface area contributed by atoms with E-state index in [0.717, 1.165) is 5.56 Å². The highest BCUT2D eigenvalue weighted by atomic mass is 35.5. The van der Waals surface area contributed by atoms with E-state index >= 15 is 0 Å². The summed E-state index contributed by atoms with van der Waals surface area (Å²) in [5.41, 5.74) is 1.03. The van der Waals surface area contributed by atoms with Gasteiger partial charge >= 0.3 is 5.97 Å². The molecule has 19 heavy (non-hydrogen) atoms. The summed E-state index contributed by atoms with van der Waals surface area (Å²) >= 11 is 17.6. The number of hydrogen-bond donors (Lipinski definition) is 0. The first-order chi connectivity index (χ1) is 8.97. The van der Waals surface area contributed by atoms with Crippen LogP contribution in [0, 0.1) is 6.92 Å². The Kier molecular flexibility index (Phi) is 4.35. The van der Waals surface area contributed by atoms with E-state index < -0.39 is 5.97 Å². The van der Waals surface area contributed by atoms with Crippen LogP contribution < -0.4 is 4.74 Å². The van der Waals surface area contributed by atoms with E-state index in [1.165, 1.54) is 12.1 Å². The zero-order valence-corrected chi connectivity index (χ0v) is 12.2. The van der Waals surface area contributed by atoms with Crippen molar-refractivity contribution in [3.8, 4) is 5.75 Å². The molecule has 0 bridgehead atoms. The number of carbonyl (C=O) groups is 1. The molecule has 0 aliphatic heterocycles. The van der Waals surface area contributed by atoms with Crippen molar-refractivity contribution < 1.29 is 9.53 Å². The normalized spacial score (nSPS) is 10.3. The first kappa shape index (κ1) is 14.2. The van der Waals surface area contributed by atoms with Gasteiger partial charge in [0.2, 0.25) is 0 Å². The molecule has 2 aromatic rings. The predicted octanol–water partition coefficient (Wildman–Crippen LogP) is 5.17. The molecule has 98 valence electrons. The van der Waals surface area contributed by atoms with E-state index in [4.69, 9.17) is 39.5 Å². The quantitative estimate of drug-likeness (QED) is 0.564. The number of carbonyl (C=O) groups excluding carboxylic acids is 1. The van der Waals surface area contributed by atoms with E-state index in [1.54, 1.807) is 31.2 Å². The first-order valence-electron chi connectivity index (χ1n) is 5.41. The second-order valence-electron chi connectivity index (χ2n) is 3.92. The van der Waals surface area contributed by atoms with Crippen LogP contribution >= 0.6 is 34.8 Å². The fourth-order valence-corrected chi connectivity index (χ4v) is 2.25. The van der Waals surface area contributed by atoms with Crippen LogP contribution in [0.5, 0.6) is 5.75 Å². The molecule has 0 fully saturated rings. The zero-order valence-electron chi connectivity index (χ0n) is 9.91. The topological polar surface area (TPSA) is 26.3 Å². The van der Waals surface area contributed by atoms with Crippen LogP contribution in [0.2, 0.25) is 15.1 Å². The van der Waals surface area contributed by atoms with Crippen LogP contribution in [-0.2, 0) is 0 Å². The van der Waals surface area contributed by atoms with Gasteiger partial charge in [0.05, 0.1) is 10.6 Å². The Morgan fingerprint density at radius 1 is 1.00 bits per heavy atom. The number of aryl methyl sites for hydroxylation is 1. The molecule has 0 aromatic heterocycles. The molecule has 0 aliphatic carbocycles. The number of hydrogen-bond acceptors (Lipinski definition) is 2. The Morgan fingerprint density at radius 2 is 1.63 bits per heavy atom. The lowest BCUT2D eigenvalue weighted by Crippen LogP contribution is -2.09. The molecule has 0 saturated heterocycles. The summed E-state index contributed by atoms with van der Waals surface area (Å²) in [4.78, 5) is 12.0. The van der Waals surface area contributed by atoms with Gasteiger partial charge in [-0.1, -0.05) is 34.8 Å². The largest absolute Gasteiger partial charge is 0.423 e. The van der Waals surface area contributed by atoms with E-state index in [-0.39, 0.29) is 10.6 Å². The highest BCUT2D eigenvalue weighted by Gasteiger charge is 2.14. The maximum atomic E-state index is 12.0. The second kappa shape index (κ2) is 5.83. The minimum absolute atomic E-state index is 0.254. The molecular formula is C14H9Cl3O2. The van der Waals surface area contributed by atoms with Crippen molar-refractivity contribution in [1.82, 2.24) is 0 Å². The Bertz CT molecular complexity index is 639. The predicted molar refractivity (Wildman–Crippen MR) is 77.6 cm³/mol. The third-order valence-corrected chi connectivity index (χ3v) is 3.27. The Balaban J connectivity index is 2.25. The van der Waals surface area contributed by atoms with Crippen molar-refractivity contribution in [1.29, 1.82) is 0 Å². The molecule has 0 aliphatic rings. The summed E-state index contributed by atoms with van der Waals surface area (Å²) in [5, 5.41) is 1.30. The monoisotopic (exact) mass is 314 g/mol. The summed E-state index contributed by atoms with van der Waals surface area (Å²) in [6.07, 6.45) is 0. The fraction of sp³-hybridized carbons (Fsp3) is 0.0714. The molecule has 2 nitrogen and oxygen atoms in total. The summed E-state index contributed by atoms with van der Waals surface area (Å²) < 4.78 is 5.28. The Morgan fingerprint density at radius 3 is 2.26 bits per heavy atom. The summed E-state index contributed by atoms with van der Waals surface area (Å²) in [7, 11) is 0. The Labute approximate surface area is 125 Å². The van der Waals surface area contributed by atoms with Crippen molar-refractivity contribution >= 4 is 40.8 Å². The van der Waals surface area contributed by atoms with Crippen LogP contribution in [0.25, 0.3) is 0 Å². The molecule has 0 unspecified atom stereocenters. The zero-order chi connectivity index (χ0) is 14.0. The minimum Gasteiger partial charge on any atom is -0.423 e. The highest BCUT2D eigenvalue weighted by Crippen LogP contribution is 2.25. The van der Waals surface area contributed by atoms with Crippen LogP contribution in [0.15, 0.2) is 36.4 Å². The van der Waals surface area contributed by atoms with Crippen LogP contribution in [0.3, 0.4) is 0 Å². The van der Waals surface area contributed by atoms with Gasteiger partial charge in [0, 0.05) is 10.0 Å². The maximum absolute atomic E-state index is 12.0. The van der Waals surface area contributed by atoms with Crippen molar-refractivity contribution in [2.45, 2.75) is 6.92 Å². The van der Waals surface area contributed by atoms with Gasteiger partial charge in [-0.05, 0) is 48.9 Å². The van der Waals surface area contributed by atoms with Gasteiger partial charge in [0.1, 0.15) is 5.75 Å². The van der Waals surface area contributed by atoms with E-state index in [0.29, 0.717) is 15.8 Å². The maximum Gasteiger partial charge on any atom is 0.345 e. The number of benzene rings is 2. The SMILES string of the molecule is Cc1cc(Cl)ccc1OC(=O)c1ccc(Cl)cc1Cl. The lowest BCUT2D eigenvalue weighted by Gasteiger charge is -2.08. The fourth-order valence-electron chi connectivity index (χ4n) is 1.54. The van der Waals surface area contributed by atoms with Gasteiger partial charge in [-0.25, -0.2) is 4.79 Å². The molecule has 0 amide bonds. The van der Waals surface area contributed by atoms with Gasteiger partial charge in [-0.3, -0.25) is 0 Å². The molecule has 0 saturated carbocycles. The van der Waals surface area contributed by atoms with Crippen molar-refractivity contribution in [2.75, 3.05) is 0 Å². The van der Waals surface area contributed by atoms with Crippen LogP contribution in [0.4, 0.5) is 0 Å². The van der Waals surface area contributed by atoms with Crippen LogP contribution in [-0.4, -0.2) is 5.97 Å². The van der Waals surface area contributed by atoms with Gasteiger partial charge in [0.15, 0.2) is 0 Å². The van der Waals surface area contributed by atoms with Crippen molar-refractivity contribution in [2.24, 2.45) is 0 Å². The van der Waals surface area contributed by atoms with Gasteiger partial charge in [0.25, 0.3) is 0 Å². The second-order valence-corrected chi connectivity index (χ2v) is 5.20. The smallest absolute Gasteiger partial charge is 0.345 e.